The van der Waals surface area contributed by atoms with Crippen molar-refractivity contribution >= 4 is 50.4 Å². The van der Waals surface area contributed by atoms with Crippen LogP contribution in [0.15, 0.2) is 9.98 Å². The van der Waals surface area contributed by atoms with Crippen molar-refractivity contribution in [2.45, 2.75) is 89.5 Å². The number of carbonyl (C=O) groups is 2. The molecule has 0 heterocycles. The van der Waals surface area contributed by atoms with Crippen molar-refractivity contribution in [3.8, 4) is 0 Å². The first-order chi connectivity index (χ1) is 21.9. The number of urea groups is 2. The predicted octanol–water partition coefficient (Wildman–Crippen LogP) is 4.22. The lowest BCUT2D eigenvalue weighted by Gasteiger charge is -2.24. The highest BCUT2D eigenvalue weighted by molar-refractivity contribution is 7.80. The molecule has 0 aliphatic rings. The fraction of sp³-hybridized carbons (Fsp3) is 0.828. The van der Waals surface area contributed by atoms with Crippen LogP contribution in [0.25, 0.3) is 0 Å². The van der Waals surface area contributed by atoms with E-state index in [9.17, 15) is 19.2 Å². The van der Waals surface area contributed by atoms with Gasteiger partial charge in [-0.3, -0.25) is 0 Å². The molecule has 0 aliphatic heterocycles. The van der Waals surface area contributed by atoms with E-state index in [2.05, 4.69) is 25.9 Å². The molecule has 0 aromatic rings. The SMILES string of the molecule is CO[Si](CCCOC(=S)NCCCCCCN(C(=O)NCCCCCCN=C=O)C(=O)NCCCCCCN=C=O)(OC)OC. The highest BCUT2D eigenvalue weighted by atomic mass is 32.1. The first-order valence-electron chi connectivity index (χ1n) is 15.9. The second kappa shape index (κ2) is 30.0. The van der Waals surface area contributed by atoms with Gasteiger partial charge in [0.1, 0.15) is 0 Å². The third kappa shape index (κ3) is 23.3. The van der Waals surface area contributed by atoms with E-state index in [1.165, 1.54) is 17.1 Å². The smallest absolute Gasteiger partial charge is 0.471 e. The lowest BCUT2D eigenvalue weighted by Crippen LogP contribution is -2.49. The summed E-state index contributed by atoms with van der Waals surface area (Å²) in [5.41, 5.74) is 0. The van der Waals surface area contributed by atoms with Gasteiger partial charge in [0.25, 0.3) is 5.17 Å². The van der Waals surface area contributed by atoms with Crippen molar-refractivity contribution < 1.29 is 37.2 Å². The van der Waals surface area contributed by atoms with Crippen molar-refractivity contribution in [1.29, 1.82) is 0 Å². The summed E-state index contributed by atoms with van der Waals surface area (Å²) < 4.78 is 21.8. The van der Waals surface area contributed by atoms with Gasteiger partial charge in [0, 0.05) is 53.6 Å². The normalized spacial score (nSPS) is 10.7. The number of nitrogens with one attached hydrogen (secondary N) is 3. The van der Waals surface area contributed by atoms with E-state index >= 15 is 0 Å². The number of hydrogen-bond donors (Lipinski definition) is 3. The van der Waals surface area contributed by atoms with Crippen LogP contribution < -0.4 is 16.0 Å². The molecule has 0 aromatic heterocycles. The molecule has 0 rings (SSSR count). The largest absolute Gasteiger partial charge is 0.500 e. The summed E-state index contributed by atoms with van der Waals surface area (Å²) in [5, 5.41) is 9.14. The minimum Gasteiger partial charge on any atom is -0.471 e. The van der Waals surface area contributed by atoms with E-state index in [0.29, 0.717) is 69.9 Å². The van der Waals surface area contributed by atoms with Crippen LogP contribution in [-0.4, -0.2) is 110 Å². The molecule has 0 atom stereocenters. The first-order valence-corrected chi connectivity index (χ1v) is 18.2. The van der Waals surface area contributed by atoms with Crippen LogP contribution in [0.4, 0.5) is 9.59 Å². The topological polar surface area (TPSA) is 169 Å². The first kappa shape index (κ1) is 42.3. The summed E-state index contributed by atoms with van der Waals surface area (Å²) in [6.07, 6.45) is 13.8. The van der Waals surface area contributed by atoms with Crippen molar-refractivity contribution in [3.63, 3.8) is 0 Å². The van der Waals surface area contributed by atoms with Gasteiger partial charge in [-0.05, 0) is 57.2 Å². The molecule has 0 saturated heterocycles. The minimum atomic E-state index is -2.61. The van der Waals surface area contributed by atoms with Crippen LogP contribution in [-0.2, 0) is 27.6 Å². The lowest BCUT2D eigenvalue weighted by atomic mass is 10.2. The number of unbranched alkanes of at least 4 members (excludes halogenated alkanes) is 9. The minimum absolute atomic E-state index is 0.315. The number of rotatable bonds is 28. The van der Waals surface area contributed by atoms with Crippen LogP contribution in [0.2, 0.25) is 6.04 Å². The van der Waals surface area contributed by atoms with Crippen LogP contribution >= 0.6 is 12.2 Å². The Bertz CT molecular complexity index is 850. The Labute approximate surface area is 274 Å². The number of nitrogens with zero attached hydrogens (tertiary/aromatic N) is 3. The molecule has 0 saturated carbocycles. The van der Waals surface area contributed by atoms with Gasteiger partial charge in [0.15, 0.2) is 0 Å². The molecule has 0 radical (unpaired) electrons. The summed E-state index contributed by atoms with van der Waals surface area (Å²) in [6.45, 7) is 3.27. The van der Waals surface area contributed by atoms with E-state index in [0.717, 1.165) is 70.6 Å². The van der Waals surface area contributed by atoms with E-state index in [-0.39, 0.29) is 0 Å². The molecule has 16 heteroatoms. The summed E-state index contributed by atoms with van der Waals surface area (Å²) in [5.74, 6) is 0. The molecule has 3 N–H and O–H groups in total. The van der Waals surface area contributed by atoms with Gasteiger partial charge in [-0.25, -0.2) is 34.1 Å². The molecule has 45 heavy (non-hydrogen) atoms. The molecular weight excluding hydrogens is 621 g/mol. The van der Waals surface area contributed by atoms with Gasteiger partial charge >= 0.3 is 20.9 Å². The van der Waals surface area contributed by atoms with Gasteiger partial charge < -0.3 is 34.0 Å². The van der Waals surface area contributed by atoms with Crippen LogP contribution in [0.5, 0.6) is 0 Å². The molecule has 0 fully saturated rings. The van der Waals surface area contributed by atoms with Gasteiger partial charge in [-0.2, -0.15) is 0 Å². The Morgan fingerprint density at radius 1 is 0.667 bits per heavy atom. The van der Waals surface area contributed by atoms with Gasteiger partial charge in [0.2, 0.25) is 12.2 Å². The number of imide groups is 1. The third-order valence-electron chi connectivity index (χ3n) is 6.94. The van der Waals surface area contributed by atoms with Gasteiger partial charge in [-0.15, -0.1) is 0 Å². The molecule has 4 amide bonds. The zero-order chi connectivity index (χ0) is 33.4. The van der Waals surface area contributed by atoms with Gasteiger partial charge in [-0.1, -0.05) is 38.5 Å². The van der Waals surface area contributed by atoms with Crippen molar-refractivity contribution in [1.82, 2.24) is 20.9 Å². The van der Waals surface area contributed by atoms with Gasteiger partial charge in [0.05, 0.1) is 19.7 Å². The zero-order valence-corrected chi connectivity index (χ0v) is 29.2. The molecule has 0 aromatic carbocycles. The monoisotopic (exact) mass is 674 g/mol. The Balaban J connectivity index is 4.40. The molecule has 0 aliphatic carbocycles. The Morgan fingerprint density at radius 2 is 1.11 bits per heavy atom. The summed E-state index contributed by atoms with van der Waals surface area (Å²) in [4.78, 5) is 54.2. The Morgan fingerprint density at radius 3 is 1.58 bits per heavy atom. The van der Waals surface area contributed by atoms with Crippen LogP contribution in [0.3, 0.4) is 0 Å². The zero-order valence-electron chi connectivity index (χ0n) is 27.4. The highest BCUT2D eigenvalue weighted by Crippen LogP contribution is 2.15. The maximum Gasteiger partial charge on any atom is 0.500 e. The molecule has 258 valence electrons. The number of ether oxygens (including phenoxy) is 1. The number of aliphatic imine (C=N–C) groups is 2. The molecule has 0 bridgehead atoms. The molecule has 0 unspecified atom stereocenters. The molecule has 0 spiro atoms. The average Bonchev–Trinajstić information content (AvgIpc) is 3.05. The maximum atomic E-state index is 12.8. The van der Waals surface area contributed by atoms with Crippen molar-refractivity contribution in [2.75, 3.05) is 67.2 Å². The van der Waals surface area contributed by atoms with Crippen molar-refractivity contribution in [2.24, 2.45) is 9.98 Å². The fourth-order valence-electron chi connectivity index (χ4n) is 4.31. The maximum absolute atomic E-state index is 12.8. The fourth-order valence-corrected chi connectivity index (χ4v) is 6.18. The van der Waals surface area contributed by atoms with Crippen LogP contribution in [0, 0.1) is 0 Å². The highest BCUT2D eigenvalue weighted by Gasteiger charge is 2.37. The Kier molecular flexibility index (Phi) is 28.2. The standard InChI is InChI=1S/C29H54N6O8SSi/c1-40-45(41-2,42-3)24-16-23-43-29(44)34-21-14-8-9-15-22-35(27(38)32-19-12-6-4-10-17-30-25-36)28(39)33-20-13-7-5-11-18-31-26-37/h4-24H2,1-3H3,(H,32,38)(H,33,39)(H,34,44). The summed E-state index contributed by atoms with van der Waals surface area (Å²) in [7, 11) is 2.13. The number of amides is 4. The summed E-state index contributed by atoms with van der Waals surface area (Å²) in [6, 6.07) is -0.184. The predicted molar refractivity (Wildman–Crippen MR) is 178 cm³/mol. The second-order valence-electron chi connectivity index (χ2n) is 10.3. The average molecular weight is 675 g/mol. The molecular formula is C29H54N6O8SSi. The molecule has 14 nitrogen and oxygen atoms in total. The van der Waals surface area contributed by atoms with E-state index in [1.54, 1.807) is 21.3 Å². The number of thiocarbonyl (C=S) groups is 1. The van der Waals surface area contributed by atoms with E-state index in [1.807, 2.05) is 0 Å². The Hall–Kier alpha value is -2.71. The number of isocyanates is 2. The van der Waals surface area contributed by atoms with E-state index in [4.69, 9.17) is 30.2 Å². The second-order valence-corrected chi connectivity index (χ2v) is 13.7. The number of hydrogen-bond acceptors (Lipinski definition) is 11. The van der Waals surface area contributed by atoms with Crippen molar-refractivity contribution in [3.05, 3.63) is 0 Å². The van der Waals surface area contributed by atoms with Crippen LogP contribution in [0.1, 0.15) is 83.5 Å². The summed E-state index contributed by atoms with van der Waals surface area (Å²) >= 11 is 5.24. The number of carbonyl (C=O) groups excluding carboxylic acids is 4. The lowest BCUT2D eigenvalue weighted by molar-refractivity contribution is 0.120. The quantitative estimate of drug-likeness (QED) is 0.0359. The third-order valence-corrected chi connectivity index (χ3v) is 10.0. The van der Waals surface area contributed by atoms with E-state index < -0.39 is 20.9 Å².